The van der Waals surface area contributed by atoms with Gasteiger partial charge in [0.25, 0.3) is 0 Å². The van der Waals surface area contributed by atoms with Crippen LogP contribution in [0.1, 0.15) is 58.9 Å². The fourth-order valence-electron chi connectivity index (χ4n) is 4.53. The molecule has 0 bridgehead atoms. The van der Waals surface area contributed by atoms with E-state index in [1.54, 1.807) is 42.5 Å². The van der Waals surface area contributed by atoms with Gasteiger partial charge in [-0.1, -0.05) is 76.2 Å². The van der Waals surface area contributed by atoms with E-state index < -0.39 is 24.0 Å². The third kappa shape index (κ3) is 8.13. The lowest BCUT2D eigenvalue weighted by atomic mass is 9.87. The van der Waals surface area contributed by atoms with E-state index in [1.807, 2.05) is 36.4 Å². The summed E-state index contributed by atoms with van der Waals surface area (Å²) in [7, 11) is -6.31. The molecular weight excluding hydrogens is 597 g/mol. The third-order valence-electron chi connectivity index (χ3n) is 8.28. The number of ether oxygens (including phenoxy) is 1. The summed E-state index contributed by atoms with van der Waals surface area (Å²) in [6.45, 7) is 14.0. The third-order valence-corrected chi connectivity index (χ3v) is 15.3. The Labute approximate surface area is 262 Å². The average molecular weight is 641 g/mol. The zero-order chi connectivity index (χ0) is 31.3. The standard InChI is InChI=1S/C34H44O6S2Si/c1-7-8-23-38-28-17-19-30(20-18-28)41-31-21-16-26(24-32(31)42(36,37)40-29-14-10-9-11-15-29)34(35)22-12-13-27(34)25-39-43(5,6)33(2,3)4/h9-11,13-21,24,35H,7-8,12,22-23,25H2,1-6H3. The van der Waals surface area contributed by atoms with Gasteiger partial charge in [0.2, 0.25) is 0 Å². The lowest BCUT2D eigenvalue weighted by Crippen LogP contribution is -2.42. The first-order valence-electron chi connectivity index (χ1n) is 14.9. The molecule has 0 spiro atoms. The van der Waals surface area contributed by atoms with E-state index in [9.17, 15) is 13.5 Å². The van der Waals surface area contributed by atoms with E-state index in [0.717, 1.165) is 29.1 Å². The molecular formula is C34H44O6S2Si. The number of aliphatic hydroxyl groups is 1. The maximum Gasteiger partial charge on any atom is 0.340 e. The monoisotopic (exact) mass is 640 g/mol. The predicted octanol–water partition coefficient (Wildman–Crippen LogP) is 8.71. The molecule has 232 valence electrons. The van der Waals surface area contributed by atoms with Gasteiger partial charge in [-0.15, -0.1) is 0 Å². The van der Waals surface area contributed by atoms with Crippen LogP contribution < -0.4 is 8.92 Å². The van der Waals surface area contributed by atoms with Crippen LogP contribution >= 0.6 is 11.8 Å². The summed E-state index contributed by atoms with van der Waals surface area (Å²) in [5, 5.41) is 12.0. The van der Waals surface area contributed by atoms with Crippen molar-refractivity contribution in [1.29, 1.82) is 0 Å². The molecule has 0 saturated heterocycles. The van der Waals surface area contributed by atoms with Crippen LogP contribution in [0, 0.1) is 0 Å². The Hall–Kier alpha value is -2.56. The fraction of sp³-hybridized carbons (Fsp3) is 0.412. The smallest absolute Gasteiger partial charge is 0.340 e. The van der Waals surface area contributed by atoms with E-state index in [-0.39, 0.29) is 15.7 Å². The highest BCUT2D eigenvalue weighted by Gasteiger charge is 2.42. The molecule has 1 N–H and O–H groups in total. The molecule has 3 aromatic rings. The van der Waals surface area contributed by atoms with Crippen LogP contribution in [0.4, 0.5) is 0 Å². The lowest BCUT2D eigenvalue weighted by molar-refractivity contribution is 0.0661. The van der Waals surface area contributed by atoms with Crippen molar-refractivity contribution in [2.24, 2.45) is 0 Å². The van der Waals surface area contributed by atoms with Crippen LogP contribution in [0.3, 0.4) is 0 Å². The van der Waals surface area contributed by atoms with Crippen molar-refractivity contribution in [1.82, 2.24) is 0 Å². The quantitative estimate of drug-likeness (QED) is 0.0866. The van der Waals surface area contributed by atoms with Crippen LogP contribution in [0.2, 0.25) is 18.1 Å². The molecule has 0 radical (unpaired) electrons. The molecule has 0 amide bonds. The highest BCUT2D eigenvalue weighted by Crippen LogP contribution is 2.44. The molecule has 43 heavy (non-hydrogen) atoms. The van der Waals surface area contributed by atoms with Gasteiger partial charge in [-0.25, -0.2) is 0 Å². The van der Waals surface area contributed by atoms with Crippen molar-refractivity contribution in [3.05, 3.63) is 90.0 Å². The number of unbranched alkanes of at least 4 members (excludes halogenated alkanes) is 1. The van der Waals surface area contributed by atoms with Crippen LogP contribution in [-0.2, 0) is 20.1 Å². The van der Waals surface area contributed by atoms with E-state index in [0.29, 0.717) is 36.5 Å². The second-order valence-corrected chi connectivity index (χ2v) is 19.9. The van der Waals surface area contributed by atoms with Gasteiger partial charge in [0.1, 0.15) is 22.0 Å². The van der Waals surface area contributed by atoms with Crippen molar-refractivity contribution >= 4 is 30.2 Å². The van der Waals surface area contributed by atoms with Gasteiger partial charge in [0, 0.05) is 9.79 Å². The second-order valence-electron chi connectivity index (χ2n) is 12.5. The fourth-order valence-corrected chi connectivity index (χ4v) is 7.77. The number of hydrogen-bond acceptors (Lipinski definition) is 7. The van der Waals surface area contributed by atoms with Gasteiger partial charge in [0.05, 0.1) is 13.2 Å². The van der Waals surface area contributed by atoms with E-state index in [4.69, 9.17) is 13.3 Å². The van der Waals surface area contributed by atoms with Gasteiger partial charge in [0.15, 0.2) is 8.32 Å². The molecule has 1 atom stereocenters. The molecule has 3 aromatic carbocycles. The molecule has 0 saturated carbocycles. The number of benzene rings is 3. The van der Waals surface area contributed by atoms with Gasteiger partial charge in [-0.2, -0.15) is 8.42 Å². The molecule has 0 aromatic heterocycles. The van der Waals surface area contributed by atoms with Gasteiger partial charge >= 0.3 is 10.1 Å². The number of hydrogen-bond donors (Lipinski definition) is 1. The van der Waals surface area contributed by atoms with Crippen molar-refractivity contribution in [3.8, 4) is 11.5 Å². The Bertz CT molecular complexity index is 1510. The highest BCUT2D eigenvalue weighted by molar-refractivity contribution is 8.00. The minimum Gasteiger partial charge on any atom is -0.494 e. The lowest BCUT2D eigenvalue weighted by Gasteiger charge is -2.37. The molecule has 9 heteroatoms. The molecule has 1 aliphatic rings. The number of allylic oxidation sites excluding steroid dienone is 1. The van der Waals surface area contributed by atoms with Crippen LogP contribution in [0.25, 0.3) is 0 Å². The maximum absolute atomic E-state index is 13.8. The van der Waals surface area contributed by atoms with Crippen molar-refractivity contribution in [2.75, 3.05) is 13.2 Å². The van der Waals surface area contributed by atoms with Crippen molar-refractivity contribution < 1.29 is 26.9 Å². The van der Waals surface area contributed by atoms with Crippen LogP contribution in [-0.4, -0.2) is 35.1 Å². The largest absolute Gasteiger partial charge is 0.494 e. The maximum atomic E-state index is 13.8. The van der Waals surface area contributed by atoms with Crippen molar-refractivity contribution in [2.45, 2.75) is 91.8 Å². The van der Waals surface area contributed by atoms with Crippen LogP contribution in [0.15, 0.2) is 99.1 Å². The normalized spacial score (nSPS) is 17.5. The zero-order valence-electron chi connectivity index (χ0n) is 26.1. The SMILES string of the molecule is CCCCOc1ccc(Sc2ccc(C3(O)CCC=C3CO[Si](C)(C)C(C)(C)C)cc2S(=O)(=O)Oc2ccccc2)cc1. The van der Waals surface area contributed by atoms with E-state index in [2.05, 4.69) is 40.8 Å². The Morgan fingerprint density at radius 3 is 2.33 bits per heavy atom. The Morgan fingerprint density at radius 2 is 1.67 bits per heavy atom. The van der Waals surface area contributed by atoms with Crippen LogP contribution in [0.5, 0.6) is 11.5 Å². The number of para-hydroxylation sites is 1. The van der Waals surface area contributed by atoms with Crippen molar-refractivity contribution in [3.63, 3.8) is 0 Å². The molecule has 6 nitrogen and oxygen atoms in total. The molecule has 1 unspecified atom stereocenters. The van der Waals surface area contributed by atoms with Gasteiger partial charge < -0.3 is 18.5 Å². The van der Waals surface area contributed by atoms with Gasteiger partial charge in [-0.05, 0) is 97.1 Å². The summed E-state index contributed by atoms with van der Waals surface area (Å²) in [5.41, 5.74) is -0.0573. The number of rotatable bonds is 13. The summed E-state index contributed by atoms with van der Waals surface area (Å²) in [6.07, 6.45) is 5.20. The molecule has 0 heterocycles. The Morgan fingerprint density at radius 1 is 0.977 bits per heavy atom. The summed E-state index contributed by atoms with van der Waals surface area (Å²) < 4.78 is 45.3. The van der Waals surface area contributed by atoms with E-state index in [1.165, 1.54) is 11.8 Å². The molecule has 0 fully saturated rings. The summed E-state index contributed by atoms with van der Waals surface area (Å²) in [5.74, 6) is 0.997. The summed E-state index contributed by atoms with van der Waals surface area (Å²) in [6, 6.07) is 21.2. The first-order chi connectivity index (χ1) is 20.2. The first kappa shape index (κ1) is 33.3. The van der Waals surface area contributed by atoms with Gasteiger partial charge in [-0.3, -0.25) is 0 Å². The predicted molar refractivity (Wildman–Crippen MR) is 176 cm³/mol. The van der Waals surface area contributed by atoms with E-state index >= 15 is 0 Å². The molecule has 0 aliphatic heterocycles. The highest BCUT2D eigenvalue weighted by atomic mass is 32.2. The second kappa shape index (κ2) is 13.6. The first-order valence-corrected chi connectivity index (χ1v) is 20.0. The average Bonchev–Trinajstić information content (AvgIpc) is 3.34. The molecule has 1 aliphatic carbocycles. The minimum absolute atomic E-state index is 0.00659. The summed E-state index contributed by atoms with van der Waals surface area (Å²) in [4.78, 5) is 1.37. The zero-order valence-corrected chi connectivity index (χ0v) is 28.7. The summed E-state index contributed by atoms with van der Waals surface area (Å²) >= 11 is 1.33. The Balaban J connectivity index is 1.67. The molecule has 4 rings (SSSR count). The Kier molecular flexibility index (Phi) is 10.5. The topological polar surface area (TPSA) is 82.1 Å². The minimum atomic E-state index is -4.24.